The van der Waals surface area contributed by atoms with Gasteiger partial charge in [-0.3, -0.25) is 9.80 Å². The van der Waals surface area contributed by atoms with E-state index in [9.17, 15) is 31.1 Å². The van der Waals surface area contributed by atoms with Crippen LogP contribution >= 0.6 is 0 Å². The van der Waals surface area contributed by atoms with Crippen LogP contribution < -0.4 is 10.6 Å². The molecule has 2 aliphatic rings. The van der Waals surface area contributed by atoms with Gasteiger partial charge < -0.3 is 10.6 Å². The van der Waals surface area contributed by atoms with Crippen LogP contribution in [0.5, 0.6) is 0 Å². The Hall–Kier alpha value is -2.79. The Bertz CT molecular complexity index is 1030. The lowest BCUT2D eigenvalue weighted by atomic mass is 9.93. The average Bonchev–Trinajstić information content (AvgIpc) is 2.89. The number of nitrogens with zero attached hydrogens (tertiary/aromatic N) is 2. The van der Waals surface area contributed by atoms with Gasteiger partial charge in [0.25, 0.3) is 0 Å². The first-order valence-corrected chi connectivity index (χ1v) is 12.9. The zero-order chi connectivity index (χ0) is 27.3. The summed E-state index contributed by atoms with van der Waals surface area (Å²) in [7, 11) is 0. The maximum absolute atomic E-state index is 13.2. The van der Waals surface area contributed by atoms with Crippen molar-refractivity contribution >= 4 is 11.7 Å². The fourth-order valence-corrected chi connectivity index (χ4v) is 5.39. The summed E-state index contributed by atoms with van der Waals surface area (Å²) in [6.07, 6.45) is -3.75. The molecule has 5 nitrogen and oxygen atoms in total. The zero-order valence-corrected chi connectivity index (χ0v) is 20.9. The lowest BCUT2D eigenvalue weighted by molar-refractivity contribution is -0.143. The number of hydrogen-bond donors (Lipinski definition) is 2. The molecule has 1 heterocycles. The lowest BCUT2D eigenvalue weighted by Gasteiger charge is -2.43. The van der Waals surface area contributed by atoms with Gasteiger partial charge in [0, 0.05) is 44.5 Å². The van der Waals surface area contributed by atoms with E-state index in [2.05, 4.69) is 20.4 Å². The number of carbonyl (C=O) groups excluding carboxylic acids is 1. The highest BCUT2D eigenvalue weighted by Gasteiger charge is 2.37. The molecule has 4 rings (SSSR count). The van der Waals surface area contributed by atoms with Gasteiger partial charge in [-0.05, 0) is 36.6 Å². The SMILES string of the molecule is O=C(NCC(c1ccccc1)N1CCN(C2CCCCC2)CC1)Nc1cc(C(F)(F)F)cc(C(F)(F)F)c1. The van der Waals surface area contributed by atoms with Crippen LogP contribution in [0.2, 0.25) is 0 Å². The molecule has 0 bridgehead atoms. The second kappa shape index (κ2) is 11.9. The first kappa shape index (κ1) is 28.2. The molecule has 38 heavy (non-hydrogen) atoms. The molecule has 0 radical (unpaired) electrons. The predicted octanol–water partition coefficient (Wildman–Crippen LogP) is 6.54. The maximum atomic E-state index is 13.2. The molecule has 1 saturated carbocycles. The molecule has 2 aromatic carbocycles. The molecule has 1 aliphatic heterocycles. The quantitative estimate of drug-likeness (QED) is 0.408. The molecule has 208 valence electrons. The van der Waals surface area contributed by atoms with Gasteiger partial charge in [-0.2, -0.15) is 26.3 Å². The Morgan fingerprint density at radius 2 is 1.42 bits per heavy atom. The van der Waals surface area contributed by atoms with Crippen LogP contribution in [0.15, 0.2) is 48.5 Å². The molecule has 2 aromatic rings. The fraction of sp³-hybridized carbons (Fsp3) is 0.519. The number of nitrogens with one attached hydrogen (secondary N) is 2. The number of halogens is 6. The number of benzene rings is 2. The highest BCUT2D eigenvalue weighted by Crippen LogP contribution is 2.37. The van der Waals surface area contributed by atoms with E-state index in [0.29, 0.717) is 18.2 Å². The number of rotatable bonds is 6. The molecule has 1 aliphatic carbocycles. The minimum Gasteiger partial charge on any atom is -0.336 e. The first-order valence-electron chi connectivity index (χ1n) is 12.9. The largest absolute Gasteiger partial charge is 0.416 e. The van der Waals surface area contributed by atoms with E-state index < -0.39 is 35.2 Å². The molecule has 1 saturated heterocycles. The minimum absolute atomic E-state index is 0.0292. The van der Waals surface area contributed by atoms with E-state index in [-0.39, 0.29) is 18.7 Å². The Labute approximate surface area is 218 Å². The number of hydrogen-bond acceptors (Lipinski definition) is 3. The fourth-order valence-electron chi connectivity index (χ4n) is 5.39. The highest BCUT2D eigenvalue weighted by molar-refractivity contribution is 5.89. The van der Waals surface area contributed by atoms with Crippen LogP contribution in [0.25, 0.3) is 0 Å². The van der Waals surface area contributed by atoms with Gasteiger partial charge >= 0.3 is 18.4 Å². The summed E-state index contributed by atoms with van der Waals surface area (Å²) >= 11 is 0. The predicted molar refractivity (Wildman–Crippen MR) is 133 cm³/mol. The molecular weight excluding hydrogens is 510 g/mol. The summed E-state index contributed by atoms with van der Waals surface area (Å²) in [4.78, 5) is 17.4. The van der Waals surface area contributed by atoms with Crippen molar-refractivity contribution in [3.63, 3.8) is 0 Å². The third-order valence-corrected chi connectivity index (χ3v) is 7.37. The van der Waals surface area contributed by atoms with Crippen molar-refractivity contribution in [2.24, 2.45) is 0 Å². The third kappa shape index (κ3) is 7.41. The summed E-state index contributed by atoms with van der Waals surface area (Å²) in [5.74, 6) is 0. The van der Waals surface area contributed by atoms with Gasteiger partial charge in [-0.1, -0.05) is 49.6 Å². The van der Waals surface area contributed by atoms with Crippen molar-refractivity contribution in [1.82, 2.24) is 15.1 Å². The molecule has 0 aromatic heterocycles. The summed E-state index contributed by atoms with van der Waals surface area (Å²) in [5, 5.41) is 4.80. The van der Waals surface area contributed by atoms with Crippen LogP contribution in [0.1, 0.15) is 54.8 Å². The molecule has 0 spiro atoms. The Morgan fingerprint density at radius 1 is 0.842 bits per heavy atom. The molecule has 2 amide bonds. The summed E-state index contributed by atoms with van der Waals surface area (Å²) in [6.45, 7) is 3.55. The normalized spacial score (nSPS) is 19.2. The molecule has 11 heteroatoms. The summed E-state index contributed by atoms with van der Waals surface area (Å²) in [5.41, 5.74) is -2.58. The van der Waals surface area contributed by atoms with Crippen molar-refractivity contribution in [2.75, 3.05) is 38.0 Å². The number of urea groups is 1. The topological polar surface area (TPSA) is 47.6 Å². The maximum Gasteiger partial charge on any atom is 0.416 e. The number of piperazine rings is 1. The van der Waals surface area contributed by atoms with Crippen molar-refractivity contribution in [3.05, 3.63) is 65.2 Å². The third-order valence-electron chi connectivity index (χ3n) is 7.37. The Balaban J connectivity index is 1.42. The first-order chi connectivity index (χ1) is 18.0. The van der Waals surface area contributed by atoms with Gasteiger partial charge in [0.15, 0.2) is 0 Å². The standard InChI is InChI=1S/C27H32F6N4O/c28-26(29,30)20-15-21(27(31,32)33)17-22(16-20)35-25(38)34-18-24(19-7-3-1-4-8-19)37-13-11-36(12-14-37)23-9-5-2-6-10-23/h1,3-4,7-8,15-17,23-24H,2,5-6,9-14,18H2,(H2,34,35,38). The van der Waals surface area contributed by atoms with E-state index in [1.807, 2.05) is 30.3 Å². The Morgan fingerprint density at radius 3 is 1.97 bits per heavy atom. The van der Waals surface area contributed by atoms with Crippen molar-refractivity contribution in [1.29, 1.82) is 0 Å². The number of alkyl halides is 6. The van der Waals surface area contributed by atoms with Crippen molar-refractivity contribution < 1.29 is 31.1 Å². The van der Waals surface area contributed by atoms with Gasteiger partial charge in [0.05, 0.1) is 17.2 Å². The van der Waals surface area contributed by atoms with E-state index in [4.69, 9.17) is 0 Å². The van der Waals surface area contributed by atoms with Gasteiger partial charge in [0.2, 0.25) is 0 Å². The second-order valence-corrected chi connectivity index (χ2v) is 9.92. The lowest BCUT2D eigenvalue weighted by Crippen LogP contribution is -2.53. The van der Waals surface area contributed by atoms with E-state index in [1.165, 1.54) is 32.1 Å². The van der Waals surface area contributed by atoms with Crippen LogP contribution in [0, 0.1) is 0 Å². The van der Waals surface area contributed by atoms with Crippen LogP contribution in [0.3, 0.4) is 0 Å². The summed E-state index contributed by atoms with van der Waals surface area (Å²) in [6, 6.07) is 10.1. The molecule has 1 unspecified atom stereocenters. The molecule has 1 atom stereocenters. The smallest absolute Gasteiger partial charge is 0.336 e. The van der Waals surface area contributed by atoms with Crippen LogP contribution in [-0.4, -0.2) is 54.6 Å². The van der Waals surface area contributed by atoms with Gasteiger partial charge in [-0.25, -0.2) is 4.79 Å². The number of carbonyl (C=O) groups is 1. The van der Waals surface area contributed by atoms with Crippen molar-refractivity contribution in [3.8, 4) is 0 Å². The average molecular weight is 543 g/mol. The van der Waals surface area contributed by atoms with Gasteiger partial charge in [0.1, 0.15) is 0 Å². The van der Waals surface area contributed by atoms with Crippen molar-refractivity contribution in [2.45, 2.75) is 56.5 Å². The second-order valence-electron chi connectivity index (χ2n) is 9.92. The zero-order valence-electron chi connectivity index (χ0n) is 20.9. The minimum atomic E-state index is -4.99. The van der Waals surface area contributed by atoms with Crippen LogP contribution in [-0.2, 0) is 12.4 Å². The van der Waals surface area contributed by atoms with E-state index >= 15 is 0 Å². The summed E-state index contributed by atoms with van der Waals surface area (Å²) < 4.78 is 79.0. The number of amides is 2. The van der Waals surface area contributed by atoms with E-state index in [0.717, 1.165) is 31.7 Å². The van der Waals surface area contributed by atoms with Crippen LogP contribution in [0.4, 0.5) is 36.8 Å². The Kier molecular flexibility index (Phi) is 8.87. The molecular formula is C27H32F6N4O. The molecule has 2 fully saturated rings. The molecule has 2 N–H and O–H groups in total. The monoisotopic (exact) mass is 542 g/mol. The van der Waals surface area contributed by atoms with Gasteiger partial charge in [-0.15, -0.1) is 0 Å². The number of anilines is 1. The highest BCUT2D eigenvalue weighted by atomic mass is 19.4. The van der Waals surface area contributed by atoms with E-state index in [1.54, 1.807) is 0 Å².